The van der Waals surface area contributed by atoms with Crippen molar-refractivity contribution in [1.29, 1.82) is 10.5 Å². The van der Waals surface area contributed by atoms with E-state index in [0.717, 1.165) is 7.69 Å². The summed E-state index contributed by atoms with van der Waals surface area (Å²) in [6.45, 7) is 1.35. The Morgan fingerprint density at radius 1 is 1.40 bits per heavy atom. The van der Waals surface area contributed by atoms with Crippen LogP contribution in [0.1, 0.15) is 6.92 Å². The zero-order valence-corrected chi connectivity index (χ0v) is 5.79. The summed E-state index contributed by atoms with van der Waals surface area (Å²) in [6.07, 6.45) is 0. The maximum absolute atomic E-state index is 8.34. The maximum Gasteiger partial charge on any atom is 0.489 e. The van der Waals surface area contributed by atoms with Gasteiger partial charge < -0.3 is 9.31 Å². The molecule has 0 aliphatic rings. The molecule has 10 heavy (non-hydrogen) atoms. The van der Waals surface area contributed by atoms with Crippen LogP contribution < -0.4 is 0 Å². The third-order valence-electron chi connectivity index (χ3n) is 0.807. The fourth-order valence-electron chi connectivity index (χ4n) is 0.222. The lowest BCUT2D eigenvalue weighted by atomic mass is 10.1. The fourth-order valence-corrected chi connectivity index (χ4v) is 0.222. The number of hydrogen-bond donors (Lipinski definition) is 0. The van der Waals surface area contributed by atoms with Crippen LogP contribution in [0.5, 0.6) is 0 Å². The van der Waals surface area contributed by atoms with E-state index in [-0.39, 0.29) is 0 Å². The zero-order chi connectivity index (χ0) is 8.04. The molecule has 0 aromatic heterocycles. The Balaban J connectivity index is 3.88. The maximum atomic E-state index is 8.34. The molecule has 0 spiro atoms. The molecule has 1 radical (unpaired) electrons. The number of hydrogen-bond acceptors (Lipinski definition) is 4. The molecular formula is C5H6BN2O2. The average Bonchev–Trinajstić information content (AvgIpc) is 2.00. The lowest BCUT2D eigenvalue weighted by Crippen LogP contribution is -2.26. The molecule has 51 valence electrons. The summed E-state index contributed by atoms with van der Waals surface area (Å²) in [7, 11) is 2.32. The van der Waals surface area contributed by atoms with Crippen molar-refractivity contribution < 1.29 is 9.31 Å². The van der Waals surface area contributed by atoms with Gasteiger partial charge in [0.1, 0.15) is 12.1 Å². The van der Waals surface area contributed by atoms with Crippen LogP contribution in [0.15, 0.2) is 0 Å². The lowest BCUT2D eigenvalue weighted by Gasteiger charge is -2.10. The van der Waals surface area contributed by atoms with Crippen molar-refractivity contribution in [3.8, 4) is 12.1 Å². The highest BCUT2D eigenvalue weighted by Gasteiger charge is 2.23. The Hall–Kier alpha value is -1.04. The van der Waals surface area contributed by atoms with Crippen LogP contribution in [0, 0.1) is 22.7 Å². The minimum Gasteiger partial charge on any atom is -0.416 e. The van der Waals surface area contributed by atoms with E-state index >= 15 is 0 Å². The topological polar surface area (TPSA) is 66.0 Å². The van der Waals surface area contributed by atoms with Crippen LogP contribution in [-0.4, -0.2) is 20.4 Å². The first kappa shape index (κ1) is 8.96. The summed E-state index contributed by atoms with van der Waals surface area (Å²) in [5.41, 5.74) is -1.43. The molecule has 4 nitrogen and oxygen atoms in total. The Labute approximate surface area is 60.3 Å². The largest absolute Gasteiger partial charge is 0.489 e. The van der Waals surface area contributed by atoms with Crippen LogP contribution in [0.2, 0.25) is 0 Å². The zero-order valence-electron chi connectivity index (χ0n) is 5.79. The summed E-state index contributed by atoms with van der Waals surface area (Å²) >= 11 is 0. The van der Waals surface area contributed by atoms with Gasteiger partial charge in [0, 0.05) is 7.11 Å². The van der Waals surface area contributed by atoms with Gasteiger partial charge in [-0.15, -0.1) is 0 Å². The molecule has 0 amide bonds. The normalized spacial score (nSPS) is 9.60. The second-order valence-corrected chi connectivity index (χ2v) is 1.71. The monoisotopic (exact) mass is 137 g/mol. The van der Waals surface area contributed by atoms with Gasteiger partial charge in [-0.3, -0.25) is 0 Å². The highest BCUT2D eigenvalue weighted by molar-refractivity contribution is 6.18. The predicted octanol–water partition coefficient (Wildman–Crippen LogP) is -0.0105. The van der Waals surface area contributed by atoms with Gasteiger partial charge in [0.15, 0.2) is 0 Å². The summed E-state index contributed by atoms with van der Waals surface area (Å²) < 4.78 is 9.00. The second-order valence-electron chi connectivity index (χ2n) is 1.71. The van der Waals surface area contributed by atoms with Gasteiger partial charge in [-0.2, -0.15) is 10.5 Å². The minimum atomic E-state index is -1.43. The quantitative estimate of drug-likeness (QED) is 0.513. The van der Waals surface area contributed by atoms with Gasteiger partial charge in [-0.25, -0.2) is 0 Å². The molecule has 0 aliphatic carbocycles. The fraction of sp³-hybridized carbons (Fsp3) is 0.600. The molecule has 0 rings (SSSR count). The molecule has 0 unspecified atom stereocenters. The second kappa shape index (κ2) is 3.89. The summed E-state index contributed by atoms with van der Waals surface area (Å²) in [6, 6.07) is 3.34. The smallest absolute Gasteiger partial charge is 0.416 e. The highest BCUT2D eigenvalue weighted by Crippen LogP contribution is 2.04. The van der Waals surface area contributed by atoms with Gasteiger partial charge >= 0.3 is 7.69 Å². The van der Waals surface area contributed by atoms with Crippen LogP contribution in [0.4, 0.5) is 0 Å². The van der Waals surface area contributed by atoms with Gasteiger partial charge in [0.25, 0.3) is 0 Å². The van der Waals surface area contributed by atoms with E-state index in [4.69, 9.17) is 10.5 Å². The van der Waals surface area contributed by atoms with E-state index in [0.29, 0.717) is 0 Å². The molecule has 0 N–H and O–H groups in total. The Morgan fingerprint density at radius 2 is 1.90 bits per heavy atom. The van der Waals surface area contributed by atoms with Gasteiger partial charge in [0.2, 0.25) is 5.60 Å². The minimum absolute atomic E-state index is 0.951. The van der Waals surface area contributed by atoms with Crippen LogP contribution in [-0.2, 0) is 9.31 Å². The molecule has 0 saturated heterocycles. The average molecular weight is 137 g/mol. The van der Waals surface area contributed by atoms with Gasteiger partial charge in [-0.1, -0.05) is 0 Å². The third-order valence-corrected chi connectivity index (χ3v) is 0.807. The van der Waals surface area contributed by atoms with Crippen molar-refractivity contribution in [3.63, 3.8) is 0 Å². The Morgan fingerprint density at radius 3 is 2.20 bits per heavy atom. The molecule has 0 aliphatic heterocycles. The molecule has 0 saturated carbocycles. The molecule has 0 fully saturated rings. The van der Waals surface area contributed by atoms with Crippen LogP contribution in [0.25, 0.3) is 0 Å². The molecule has 0 heterocycles. The first-order valence-electron chi connectivity index (χ1n) is 2.53. The van der Waals surface area contributed by atoms with E-state index in [9.17, 15) is 0 Å². The number of rotatable bonds is 3. The van der Waals surface area contributed by atoms with Crippen LogP contribution >= 0.6 is 0 Å². The summed E-state index contributed by atoms with van der Waals surface area (Å²) in [4.78, 5) is 0. The van der Waals surface area contributed by atoms with E-state index in [1.807, 2.05) is 0 Å². The summed E-state index contributed by atoms with van der Waals surface area (Å²) in [5, 5.41) is 16.7. The van der Waals surface area contributed by atoms with Gasteiger partial charge in [-0.05, 0) is 6.92 Å². The van der Waals surface area contributed by atoms with Crippen molar-refractivity contribution >= 4 is 7.69 Å². The first-order valence-corrected chi connectivity index (χ1v) is 2.53. The Bertz CT molecular complexity index is 167. The molecular weight excluding hydrogens is 131 g/mol. The summed E-state index contributed by atoms with van der Waals surface area (Å²) in [5.74, 6) is 0. The third kappa shape index (κ3) is 2.50. The number of nitriles is 2. The lowest BCUT2D eigenvalue weighted by molar-refractivity contribution is 0.173. The molecule has 0 aromatic rings. The van der Waals surface area contributed by atoms with Crippen LogP contribution in [0.3, 0.4) is 0 Å². The van der Waals surface area contributed by atoms with Crippen molar-refractivity contribution in [3.05, 3.63) is 0 Å². The SMILES string of the molecule is CO[B]OC(C)(C#N)C#N. The molecule has 5 heteroatoms. The van der Waals surface area contributed by atoms with Crippen molar-refractivity contribution in [2.75, 3.05) is 7.11 Å². The molecule has 0 aromatic carbocycles. The number of nitrogens with zero attached hydrogens (tertiary/aromatic N) is 2. The van der Waals surface area contributed by atoms with E-state index in [1.165, 1.54) is 14.0 Å². The standard InChI is InChI=1S/C5H6BN2O2/c1-5(3-7,4-8)10-6-9-2/h1-2H3. The highest BCUT2D eigenvalue weighted by atomic mass is 16.6. The molecule has 0 bridgehead atoms. The van der Waals surface area contributed by atoms with Crippen molar-refractivity contribution in [2.24, 2.45) is 0 Å². The van der Waals surface area contributed by atoms with Crippen molar-refractivity contribution in [2.45, 2.75) is 12.5 Å². The predicted molar refractivity (Wildman–Crippen MR) is 33.5 cm³/mol. The Kier molecular flexibility index (Phi) is 3.49. The van der Waals surface area contributed by atoms with E-state index < -0.39 is 5.60 Å². The van der Waals surface area contributed by atoms with E-state index in [2.05, 4.69) is 9.31 Å². The molecule has 0 atom stereocenters. The van der Waals surface area contributed by atoms with Crippen molar-refractivity contribution in [1.82, 2.24) is 0 Å². The first-order chi connectivity index (χ1) is 4.68. The van der Waals surface area contributed by atoms with Gasteiger partial charge in [0.05, 0.1) is 0 Å². The van der Waals surface area contributed by atoms with E-state index in [1.54, 1.807) is 12.1 Å².